The fourth-order valence-electron chi connectivity index (χ4n) is 6.10. The molecule has 1 saturated heterocycles. The Morgan fingerprint density at radius 3 is 2.22 bits per heavy atom. The molecule has 4 amide bonds. The SMILES string of the molecule is CC(C)C[C@H]1NC(=O)c2ccccc2OCC(=O)OCCCCCCCCNC(=O)[C@H](CC(C)C)N(C)C(=O)[C@H]2CCCN2C1=O. The molecule has 2 N–H and O–H groups in total. The van der Waals surface area contributed by atoms with E-state index in [0.717, 1.165) is 38.5 Å². The maximum atomic E-state index is 14.0. The summed E-state index contributed by atoms with van der Waals surface area (Å²) in [6.45, 7) is 8.84. The van der Waals surface area contributed by atoms with Gasteiger partial charge < -0.3 is 29.9 Å². The average Bonchev–Trinajstić information content (AvgIpc) is 3.51. The number of ether oxygens (including phenoxy) is 2. The van der Waals surface area contributed by atoms with Gasteiger partial charge in [-0.2, -0.15) is 0 Å². The van der Waals surface area contributed by atoms with Gasteiger partial charge in [0.25, 0.3) is 5.91 Å². The van der Waals surface area contributed by atoms with Gasteiger partial charge in [0.05, 0.1) is 12.2 Å². The van der Waals surface area contributed by atoms with E-state index in [0.29, 0.717) is 45.4 Å². The second-order valence-electron chi connectivity index (χ2n) is 13.4. The molecule has 256 valence electrons. The molecule has 11 nitrogen and oxygen atoms in total. The van der Waals surface area contributed by atoms with Gasteiger partial charge in [-0.25, -0.2) is 4.79 Å². The highest BCUT2D eigenvalue weighted by Gasteiger charge is 2.41. The van der Waals surface area contributed by atoms with Crippen LogP contribution in [-0.4, -0.2) is 90.9 Å². The Balaban J connectivity index is 1.87. The van der Waals surface area contributed by atoms with Crippen LogP contribution in [0.5, 0.6) is 5.75 Å². The first-order valence-corrected chi connectivity index (χ1v) is 17.0. The lowest BCUT2D eigenvalue weighted by Crippen LogP contribution is -2.57. The molecule has 0 bridgehead atoms. The lowest BCUT2D eigenvalue weighted by Gasteiger charge is -2.35. The van der Waals surface area contributed by atoms with E-state index < -0.39 is 30.0 Å². The van der Waals surface area contributed by atoms with Crippen LogP contribution in [0.25, 0.3) is 0 Å². The zero-order valence-electron chi connectivity index (χ0n) is 28.3. The summed E-state index contributed by atoms with van der Waals surface area (Å²) < 4.78 is 11.0. The Hall–Kier alpha value is -3.63. The topological polar surface area (TPSA) is 134 Å². The van der Waals surface area contributed by atoms with Crippen molar-refractivity contribution in [1.29, 1.82) is 0 Å². The van der Waals surface area contributed by atoms with Crippen molar-refractivity contribution in [3.8, 4) is 5.75 Å². The number of carbonyl (C=O) groups is 5. The molecule has 11 heteroatoms. The number of nitrogens with one attached hydrogen (secondary N) is 2. The quantitative estimate of drug-likeness (QED) is 0.473. The van der Waals surface area contributed by atoms with Gasteiger partial charge in [0.2, 0.25) is 17.7 Å². The molecule has 0 radical (unpaired) electrons. The van der Waals surface area contributed by atoms with E-state index in [1.54, 1.807) is 36.2 Å². The maximum Gasteiger partial charge on any atom is 0.344 e. The molecule has 1 fully saturated rings. The van der Waals surface area contributed by atoms with Crippen molar-refractivity contribution < 1.29 is 33.4 Å². The van der Waals surface area contributed by atoms with Crippen molar-refractivity contribution in [2.24, 2.45) is 11.8 Å². The van der Waals surface area contributed by atoms with Crippen LogP contribution < -0.4 is 15.4 Å². The van der Waals surface area contributed by atoms with Gasteiger partial charge in [-0.1, -0.05) is 65.5 Å². The Labute approximate surface area is 274 Å². The number of nitrogens with zero attached hydrogens (tertiary/aromatic N) is 2. The average molecular weight is 643 g/mol. The lowest BCUT2D eigenvalue weighted by atomic mass is 10.00. The van der Waals surface area contributed by atoms with Crippen molar-refractivity contribution in [3.63, 3.8) is 0 Å². The molecule has 46 heavy (non-hydrogen) atoms. The van der Waals surface area contributed by atoms with Crippen LogP contribution in [0.3, 0.4) is 0 Å². The van der Waals surface area contributed by atoms with E-state index in [4.69, 9.17) is 9.47 Å². The Morgan fingerprint density at radius 2 is 1.50 bits per heavy atom. The zero-order valence-corrected chi connectivity index (χ0v) is 28.3. The van der Waals surface area contributed by atoms with E-state index in [-0.39, 0.29) is 47.5 Å². The minimum absolute atomic E-state index is 0.0742. The smallest absolute Gasteiger partial charge is 0.344 e. The number of likely N-dealkylation sites (N-methyl/N-ethyl adjacent to an activating group) is 1. The molecule has 0 aliphatic carbocycles. The number of esters is 1. The highest BCUT2D eigenvalue weighted by Crippen LogP contribution is 2.25. The number of hydrogen-bond acceptors (Lipinski definition) is 7. The molecule has 0 unspecified atom stereocenters. The lowest BCUT2D eigenvalue weighted by molar-refractivity contribution is -0.148. The number of hydrogen-bond donors (Lipinski definition) is 2. The number of rotatable bonds is 4. The second kappa shape index (κ2) is 18.5. The predicted octanol–water partition coefficient (Wildman–Crippen LogP) is 4.09. The van der Waals surface area contributed by atoms with Crippen LogP contribution in [0.2, 0.25) is 0 Å². The summed E-state index contributed by atoms with van der Waals surface area (Å²) in [4.78, 5) is 70.3. The predicted molar refractivity (Wildman–Crippen MR) is 175 cm³/mol. The van der Waals surface area contributed by atoms with E-state index in [1.165, 1.54) is 4.90 Å². The van der Waals surface area contributed by atoms with Crippen molar-refractivity contribution >= 4 is 29.6 Å². The highest BCUT2D eigenvalue weighted by molar-refractivity contribution is 6.00. The summed E-state index contributed by atoms with van der Waals surface area (Å²) in [5.74, 6) is -1.34. The summed E-state index contributed by atoms with van der Waals surface area (Å²) in [5.41, 5.74) is 0.193. The number of benzene rings is 1. The molecule has 1 aromatic rings. The van der Waals surface area contributed by atoms with Crippen molar-refractivity contribution in [1.82, 2.24) is 20.4 Å². The fraction of sp³-hybridized carbons (Fsp3) is 0.686. The third kappa shape index (κ3) is 11.0. The van der Waals surface area contributed by atoms with E-state index in [9.17, 15) is 24.0 Å². The third-order valence-electron chi connectivity index (χ3n) is 8.55. The first-order valence-electron chi connectivity index (χ1n) is 17.0. The van der Waals surface area contributed by atoms with Gasteiger partial charge in [-0.15, -0.1) is 0 Å². The summed E-state index contributed by atoms with van der Waals surface area (Å²) in [7, 11) is 1.65. The highest BCUT2D eigenvalue weighted by atomic mass is 16.6. The first kappa shape index (κ1) is 36.8. The first-order chi connectivity index (χ1) is 22.0. The largest absolute Gasteiger partial charge is 0.481 e. The number of fused-ring (bicyclic) bond motifs is 2. The summed E-state index contributed by atoms with van der Waals surface area (Å²) in [5, 5.41) is 5.92. The van der Waals surface area contributed by atoms with Crippen molar-refractivity contribution in [3.05, 3.63) is 29.8 Å². The molecular weight excluding hydrogens is 588 g/mol. The van der Waals surface area contributed by atoms with E-state index >= 15 is 0 Å². The van der Waals surface area contributed by atoms with Crippen LogP contribution in [0.1, 0.15) is 102 Å². The minimum atomic E-state index is -0.881. The van der Waals surface area contributed by atoms with Gasteiger partial charge in [0, 0.05) is 20.1 Å². The van der Waals surface area contributed by atoms with Gasteiger partial charge in [0.15, 0.2) is 6.61 Å². The molecule has 0 spiro atoms. The minimum Gasteiger partial charge on any atom is -0.481 e. The normalized spacial score (nSPS) is 23.9. The van der Waals surface area contributed by atoms with Crippen molar-refractivity contribution in [2.45, 2.75) is 110 Å². The van der Waals surface area contributed by atoms with Gasteiger partial charge in [-0.3, -0.25) is 19.2 Å². The number of amides is 4. The van der Waals surface area contributed by atoms with Gasteiger partial charge >= 0.3 is 5.97 Å². The molecule has 2 aliphatic rings. The number of para-hydroxylation sites is 1. The van der Waals surface area contributed by atoms with Crippen LogP contribution in [-0.2, 0) is 23.9 Å². The molecule has 3 rings (SSSR count). The van der Waals surface area contributed by atoms with Crippen LogP contribution >= 0.6 is 0 Å². The Kier molecular flexibility index (Phi) is 14.8. The third-order valence-corrected chi connectivity index (χ3v) is 8.55. The zero-order chi connectivity index (χ0) is 33.6. The summed E-state index contributed by atoms with van der Waals surface area (Å²) in [6.07, 6.45) is 7.45. The molecule has 1 aromatic carbocycles. The second-order valence-corrected chi connectivity index (χ2v) is 13.4. The molecule has 3 atom stereocenters. The molecule has 0 aromatic heterocycles. The molecule has 2 heterocycles. The van der Waals surface area contributed by atoms with Crippen molar-refractivity contribution in [2.75, 3.05) is 33.4 Å². The van der Waals surface area contributed by atoms with Crippen LogP contribution in [0.15, 0.2) is 24.3 Å². The standard InChI is InChI=1S/C35H54N4O7/c1-24(2)21-27-34(43)39-19-14-16-28(39)35(44)38(5)29(22-25(3)4)33(42)36-18-12-8-6-7-9-13-20-45-31(40)23-46-30-17-11-10-15-26(30)32(41)37-27/h10-11,15,17,24-25,27-29H,6-9,12-14,16,18-23H2,1-5H3,(H,36,42)(H,37,41)/t27-,28-,29+/m1/s1. The monoisotopic (exact) mass is 642 g/mol. The van der Waals surface area contributed by atoms with Gasteiger partial charge in [-0.05, 0) is 62.5 Å². The van der Waals surface area contributed by atoms with Crippen LogP contribution in [0, 0.1) is 11.8 Å². The molecular formula is C35H54N4O7. The number of carbonyl (C=O) groups excluding carboxylic acids is 5. The Bertz CT molecular complexity index is 1190. The van der Waals surface area contributed by atoms with Crippen LogP contribution in [0.4, 0.5) is 0 Å². The number of cyclic esters (lactones) is 1. The maximum absolute atomic E-state index is 14.0. The molecule has 0 saturated carbocycles. The summed E-state index contributed by atoms with van der Waals surface area (Å²) in [6, 6.07) is 4.32. The molecule has 2 aliphatic heterocycles. The fourth-order valence-corrected chi connectivity index (χ4v) is 6.10. The summed E-state index contributed by atoms with van der Waals surface area (Å²) >= 11 is 0. The van der Waals surface area contributed by atoms with E-state index in [2.05, 4.69) is 10.6 Å². The Morgan fingerprint density at radius 1 is 0.826 bits per heavy atom. The van der Waals surface area contributed by atoms with Gasteiger partial charge in [0.1, 0.15) is 23.9 Å². The van der Waals surface area contributed by atoms with E-state index in [1.807, 2.05) is 27.7 Å².